The average molecular weight is 448 g/mol. The van der Waals surface area contributed by atoms with Crippen LogP contribution in [0.2, 0.25) is 0 Å². The Morgan fingerprint density at radius 2 is 1.87 bits per heavy atom. The van der Waals surface area contributed by atoms with Gasteiger partial charge in [-0.15, -0.1) is 0 Å². The minimum Gasteiger partial charge on any atom is -0.340 e. The second-order valence-corrected chi connectivity index (χ2v) is 9.27. The predicted octanol–water partition coefficient (Wildman–Crippen LogP) is 1.11. The largest absolute Gasteiger partial charge is 0.435 e. The van der Waals surface area contributed by atoms with Gasteiger partial charge in [0.25, 0.3) is 0 Å². The fourth-order valence-electron chi connectivity index (χ4n) is 3.31. The van der Waals surface area contributed by atoms with Gasteiger partial charge in [-0.05, 0) is 13.0 Å². The number of amides is 1. The van der Waals surface area contributed by atoms with E-state index in [9.17, 15) is 26.4 Å². The van der Waals surface area contributed by atoms with Gasteiger partial charge >= 0.3 is 6.18 Å². The lowest BCUT2D eigenvalue weighted by Gasteiger charge is -2.35. The van der Waals surface area contributed by atoms with Gasteiger partial charge in [-0.25, -0.2) is 8.42 Å². The van der Waals surface area contributed by atoms with Gasteiger partial charge in [0.1, 0.15) is 4.90 Å². The number of alkyl halides is 3. The first-order chi connectivity index (χ1) is 13.9. The molecule has 0 aromatic carbocycles. The van der Waals surface area contributed by atoms with E-state index < -0.39 is 27.8 Å². The van der Waals surface area contributed by atoms with Crippen LogP contribution < -0.4 is 0 Å². The van der Waals surface area contributed by atoms with Gasteiger partial charge in [0.05, 0.1) is 18.7 Å². The molecule has 13 heteroatoms. The third-order valence-corrected chi connectivity index (χ3v) is 6.86. The molecule has 0 N–H and O–H groups in total. The summed E-state index contributed by atoms with van der Waals surface area (Å²) in [6.07, 6.45) is -1.85. The molecule has 0 aliphatic carbocycles. The lowest BCUT2D eigenvalue weighted by molar-refractivity contribution is -0.141. The standard InChI is InChI=1S/C17H23F3N6O3S/c1-12(10-26-13(2)8-15(22-26)17(18,19)20)16(27)24-4-6-25(7-5-24)30(28,29)14-9-21-23(3)11-14/h8-9,11-12H,4-7,10H2,1-3H3. The number of carbonyl (C=O) groups excluding carboxylic acids is 1. The van der Waals surface area contributed by atoms with Gasteiger partial charge in [0.2, 0.25) is 15.9 Å². The van der Waals surface area contributed by atoms with E-state index in [-0.39, 0.29) is 43.5 Å². The average Bonchev–Trinajstić information content (AvgIpc) is 3.27. The molecule has 1 aliphatic heterocycles. The number of carbonyl (C=O) groups is 1. The first-order valence-corrected chi connectivity index (χ1v) is 10.7. The van der Waals surface area contributed by atoms with Crippen molar-refractivity contribution in [1.82, 2.24) is 28.8 Å². The highest BCUT2D eigenvalue weighted by molar-refractivity contribution is 7.89. The Balaban J connectivity index is 1.60. The first-order valence-electron chi connectivity index (χ1n) is 9.29. The van der Waals surface area contributed by atoms with Crippen molar-refractivity contribution in [1.29, 1.82) is 0 Å². The molecule has 0 bridgehead atoms. The highest BCUT2D eigenvalue weighted by atomic mass is 32.2. The smallest absolute Gasteiger partial charge is 0.340 e. The molecule has 2 aromatic heterocycles. The monoisotopic (exact) mass is 448 g/mol. The summed E-state index contributed by atoms with van der Waals surface area (Å²) >= 11 is 0. The van der Waals surface area contributed by atoms with Crippen LogP contribution in [0.15, 0.2) is 23.4 Å². The molecule has 1 amide bonds. The zero-order chi connectivity index (χ0) is 22.3. The molecule has 0 saturated carbocycles. The third kappa shape index (κ3) is 4.51. The topological polar surface area (TPSA) is 93.3 Å². The van der Waals surface area contributed by atoms with Crippen LogP contribution in [0.25, 0.3) is 0 Å². The maximum absolute atomic E-state index is 12.8. The van der Waals surface area contributed by atoms with E-state index in [1.807, 2.05) is 0 Å². The number of rotatable bonds is 5. The van der Waals surface area contributed by atoms with Crippen molar-refractivity contribution in [2.24, 2.45) is 13.0 Å². The van der Waals surface area contributed by atoms with Gasteiger partial charge in [-0.2, -0.15) is 27.7 Å². The van der Waals surface area contributed by atoms with Gasteiger partial charge in [0.15, 0.2) is 5.69 Å². The normalized spacial score (nSPS) is 17.3. The number of hydrogen-bond acceptors (Lipinski definition) is 5. The van der Waals surface area contributed by atoms with Crippen LogP contribution in [-0.2, 0) is 34.6 Å². The lowest BCUT2D eigenvalue weighted by Crippen LogP contribution is -2.51. The fourth-order valence-corrected chi connectivity index (χ4v) is 4.72. The van der Waals surface area contributed by atoms with E-state index >= 15 is 0 Å². The molecular formula is C17H23F3N6O3S. The van der Waals surface area contributed by atoms with Crippen LogP contribution in [0.5, 0.6) is 0 Å². The maximum atomic E-state index is 12.8. The van der Waals surface area contributed by atoms with Crippen molar-refractivity contribution in [2.45, 2.75) is 31.5 Å². The molecule has 9 nitrogen and oxygen atoms in total. The SMILES string of the molecule is Cc1cc(C(F)(F)F)nn1CC(C)C(=O)N1CCN(S(=O)(=O)c2cnn(C)c2)CC1. The Labute approximate surface area is 172 Å². The number of piperazine rings is 1. The van der Waals surface area contributed by atoms with Gasteiger partial charge in [0, 0.05) is 45.1 Å². The minimum atomic E-state index is -4.54. The van der Waals surface area contributed by atoms with E-state index in [4.69, 9.17) is 0 Å². The number of hydrogen-bond donors (Lipinski definition) is 0. The summed E-state index contributed by atoms with van der Waals surface area (Å²) in [4.78, 5) is 14.4. The van der Waals surface area contributed by atoms with Crippen LogP contribution in [0.1, 0.15) is 18.3 Å². The summed E-state index contributed by atoms with van der Waals surface area (Å²) < 4.78 is 67.6. The Kier molecular flexibility index (Phi) is 5.96. The number of nitrogens with zero attached hydrogens (tertiary/aromatic N) is 6. The van der Waals surface area contributed by atoms with Gasteiger partial charge in [-0.1, -0.05) is 6.92 Å². The van der Waals surface area contributed by atoms with Crippen molar-refractivity contribution in [3.8, 4) is 0 Å². The van der Waals surface area contributed by atoms with E-state index in [1.54, 1.807) is 14.0 Å². The Morgan fingerprint density at radius 1 is 1.23 bits per heavy atom. The summed E-state index contributed by atoms with van der Waals surface area (Å²) in [7, 11) is -2.06. The maximum Gasteiger partial charge on any atom is 0.435 e. The summed E-state index contributed by atoms with van der Waals surface area (Å²) in [5.74, 6) is -0.858. The Hall–Kier alpha value is -2.41. The van der Waals surface area contributed by atoms with Crippen molar-refractivity contribution in [2.75, 3.05) is 26.2 Å². The number of aromatic nitrogens is 4. The molecule has 1 atom stereocenters. The summed E-state index contributed by atoms with van der Waals surface area (Å²) in [6, 6.07) is 0.944. The second-order valence-electron chi connectivity index (χ2n) is 7.33. The molecule has 166 valence electrons. The zero-order valence-corrected chi connectivity index (χ0v) is 17.6. The quantitative estimate of drug-likeness (QED) is 0.683. The van der Waals surface area contributed by atoms with Crippen molar-refractivity contribution < 1.29 is 26.4 Å². The van der Waals surface area contributed by atoms with Crippen molar-refractivity contribution in [3.05, 3.63) is 29.8 Å². The molecule has 0 radical (unpaired) electrons. The lowest BCUT2D eigenvalue weighted by atomic mass is 10.1. The van der Waals surface area contributed by atoms with Crippen molar-refractivity contribution in [3.63, 3.8) is 0 Å². The van der Waals surface area contributed by atoms with Crippen LogP contribution in [0.3, 0.4) is 0 Å². The van der Waals surface area contributed by atoms with E-state index in [0.29, 0.717) is 5.69 Å². The third-order valence-electron chi connectivity index (χ3n) is 5.01. The van der Waals surface area contributed by atoms with E-state index in [2.05, 4.69) is 10.2 Å². The summed E-state index contributed by atoms with van der Waals surface area (Å²) in [5.41, 5.74) is -0.678. The Morgan fingerprint density at radius 3 is 2.37 bits per heavy atom. The molecule has 1 saturated heterocycles. The number of halogens is 3. The van der Waals surface area contributed by atoms with Gasteiger partial charge < -0.3 is 4.90 Å². The highest BCUT2D eigenvalue weighted by Crippen LogP contribution is 2.28. The summed E-state index contributed by atoms with van der Waals surface area (Å²) in [6.45, 7) is 3.80. The molecule has 1 unspecified atom stereocenters. The van der Waals surface area contributed by atoms with Crippen LogP contribution in [-0.4, -0.2) is 69.3 Å². The van der Waals surface area contributed by atoms with E-state index in [1.165, 1.54) is 37.9 Å². The van der Waals surface area contributed by atoms with Crippen LogP contribution >= 0.6 is 0 Å². The van der Waals surface area contributed by atoms with Crippen molar-refractivity contribution >= 4 is 15.9 Å². The molecular weight excluding hydrogens is 425 g/mol. The number of sulfonamides is 1. The minimum absolute atomic E-state index is 0.00887. The van der Waals surface area contributed by atoms with Gasteiger partial charge in [-0.3, -0.25) is 14.2 Å². The highest BCUT2D eigenvalue weighted by Gasteiger charge is 2.35. The van der Waals surface area contributed by atoms with Crippen LogP contribution in [0.4, 0.5) is 13.2 Å². The van der Waals surface area contributed by atoms with E-state index in [0.717, 1.165) is 6.07 Å². The first kappa shape index (κ1) is 22.3. The second kappa shape index (κ2) is 8.02. The summed E-state index contributed by atoms with van der Waals surface area (Å²) in [5, 5.41) is 7.43. The molecule has 3 heterocycles. The molecule has 1 aliphatic rings. The zero-order valence-electron chi connectivity index (χ0n) is 16.8. The molecule has 0 spiro atoms. The number of aryl methyl sites for hydroxylation is 2. The molecule has 3 rings (SSSR count). The molecule has 1 fully saturated rings. The molecule has 30 heavy (non-hydrogen) atoms. The molecule has 2 aromatic rings. The fraction of sp³-hybridized carbons (Fsp3) is 0.588. The van der Waals surface area contributed by atoms with Crippen LogP contribution in [0, 0.1) is 12.8 Å². The predicted molar refractivity (Wildman–Crippen MR) is 99.7 cm³/mol. The Bertz CT molecular complexity index is 1020.